The van der Waals surface area contributed by atoms with E-state index in [4.69, 9.17) is 5.11 Å². The fourth-order valence-corrected chi connectivity index (χ4v) is 1.39. The van der Waals surface area contributed by atoms with Crippen LogP contribution in [0.25, 0.3) is 0 Å². The molecule has 0 amide bonds. The first-order valence-corrected chi connectivity index (χ1v) is 5.23. The van der Waals surface area contributed by atoms with Gasteiger partial charge in [-0.1, -0.05) is 13.3 Å². The van der Waals surface area contributed by atoms with Crippen LogP contribution in [0.1, 0.15) is 35.7 Å². The van der Waals surface area contributed by atoms with Gasteiger partial charge in [-0.05, 0) is 37.1 Å². The van der Waals surface area contributed by atoms with Crippen molar-refractivity contribution in [2.75, 3.05) is 11.9 Å². The molecule has 0 saturated heterocycles. The van der Waals surface area contributed by atoms with Crippen LogP contribution < -0.4 is 5.32 Å². The first kappa shape index (κ1) is 11.6. The van der Waals surface area contributed by atoms with E-state index in [9.17, 15) is 4.79 Å². The third-order valence-corrected chi connectivity index (χ3v) is 2.32. The smallest absolute Gasteiger partial charge is 0.335 e. The number of nitrogens with one attached hydrogen (secondary N) is 1. The van der Waals surface area contributed by atoms with Gasteiger partial charge in [-0.3, -0.25) is 0 Å². The van der Waals surface area contributed by atoms with Gasteiger partial charge in [-0.25, -0.2) is 4.79 Å². The number of carboxylic acids is 1. The maximum atomic E-state index is 10.7. The number of anilines is 1. The Morgan fingerprint density at radius 1 is 1.47 bits per heavy atom. The summed E-state index contributed by atoms with van der Waals surface area (Å²) in [5.41, 5.74) is 2.34. The zero-order valence-corrected chi connectivity index (χ0v) is 9.21. The fourth-order valence-electron chi connectivity index (χ4n) is 1.39. The predicted molar refractivity (Wildman–Crippen MR) is 61.5 cm³/mol. The Balaban J connectivity index is 2.70. The molecule has 0 aliphatic heterocycles. The zero-order valence-electron chi connectivity index (χ0n) is 9.21. The molecule has 15 heavy (non-hydrogen) atoms. The molecule has 0 aliphatic carbocycles. The quantitative estimate of drug-likeness (QED) is 0.730. The lowest BCUT2D eigenvalue weighted by molar-refractivity contribution is 0.0697. The molecule has 0 spiro atoms. The number of rotatable bonds is 5. The average molecular weight is 207 g/mol. The molecular weight excluding hydrogens is 190 g/mol. The summed E-state index contributed by atoms with van der Waals surface area (Å²) in [5, 5.41) is 12.1. The van der Waals surface area contributed by atoms with Gasteiger partial charge in [-0.2, -0.15) is 0 Å². The number of carboxylic acid groups (broad SMARTS) is 1. The topological polar surface area (TPSA) is 49.3 Å². The summed E-state index contributed by atoms with van der Waals surface area (Å²) in [4.78, 5) is 10.7. The normalized spacial score (nSPS) is 10.0. The summed E-state index contributed by atoms with van der Waals surface area (Å²) in [6, 6.07) is 5.15. The molecule has 0 bridgehead atoms. The van der Waals surface area contributed by atoms with Crippen LogP contribution in [0.5, 0.6) is 0 Å². The van der Waals surface area contributed by atoms with Gasteiger partial charge in [0.1, 0.15) is 0 Å². The molecule has 3 heteroatoms. The van der Waals surface area contributed by atoms with Crippen molar-refractivity contribution in [3.05, 3.63) is 29.3 Å². The zero-order chi connectivity index (χ0) is 11.3. The summed E-state index contributed by atoms with van der Waals surface area (Å²) in [6.45, 7) is 4.99. The summed E-state index contributed by atoms with van der Waals surface area (Å²) in [6.07, 6.45) is 2.28. The molecule has 0 saturated carbocycles. The van der Waals surface area contributed by atoms with Crippen LogP contribution in [0.15, 0.2) is 18.2 Å². The molecule has 3 nitrogen and oxygen atoms in total. The van der Waals surface area contributed by atoms with Crippen LogP contribution in [0.4, 0.5) is 5.69 Å². The van der Waals surface area contributed by atoms with Gasteiger partial charge in [0.15, 0.2) is 0 Å². The first-order valence-electron chi connectivity index (χ1n) is 5.23. The van der Waals surface area contributed by atoms with E-state index in [1.807, 2.05) is 13.0 Å². The van der Waals surface area contributed by atoms with Crippen molar-refractivity contribution >= 4 is 11.7 Å². The van der Waals surface area contributed by atoms with Crippen LogP contribution >= 0.6 is 0 Å². The van der Waals surface area contributed by atoms with Gasteiger partial charge >= 0.3 is 5.97 Å². The lowest BCUT2D eigenvalue weighted by Gasteiger charge is -2.09. The maximum Gasteiger partial charge on any atom is 0.335 e. The van der Waals surface area contributed by atoms with Crippen LogP contribution in [-0.2, 0) is 0 Å². The Labute approximate surface area is 90.1 Å². The minimum Gasteiger partial charge on any atom is -0.478 e. The molecule has 0 unspecified atom stereocenters. The summed E-state index contributed by atoms with van der Waals surface area (Å²) < 4.78 is 0. The van der Waals surface area contributed by atoms with E-state index >= 15 is 0 Å². The summed E-state index contributed by atoms with van der Waals surface area (Å²) >= 11 is 0. The molecule has 0 fully saturated rings. The molecule has 0 heterocycles. The average Bonchev–Trinajstić information content (AvgIpc) is 2.20. The highest BCUT2D eigenvalue weighted by molar-refractivity contribution is 5.88. The Morgan fingerprint density at radius 3 is 2.73 bits per heavy atom. The molecule has 2 N–H and O–H groups in total. The fraction of sp³-hybridized carbons (Fsp3) is 0.417. The van der Waals surface area contributed by atoms with E-state index < -0.39 is 5.97 Å². The number of unbranched alkanes of at least 4 members (excludes halogenated alkanes) is 1. The van der Waals surface area contributed by atoms with Crippen LogP contribution in [0, 0.1) is 6.92 Å². The Hall–Kier alpha value is -1.51. The lowest BCUT2D eigenvalue weighted by Crippen LogP contribution is -2.04. The Morgan fingerprint density at radius 2 is 2.20 bits per heavy atom. The number of aryl methyl sites for hydroxylation is 1. The van der Waals surface area contributed by atoms with Gasteiger partial charge in [0.2, 0.25) is 0 Å². The number of hydrogen-bond acceptors (Lipinski definition) is 2. The standard InChI is InChI=1S/C12H17NO2/c1-3-4-7-13-11-6-5-10(12(14)15)8-9(11)2/h5-6,8,13H,3-4,7H2,1-2H3,(H,14,15). The van der Waals surface area contributed by atoms with Crippen molar-refractivity contribution in [2.24, 2.45) is 0 Å². The molecule has 0 radical (unpaired) electrons. The van der Waals surface area contributed by atoms with Crippen molar-refractivity contribution in [2.45, 2.75) is 26.7 Å². The van der Waals surface area contributed by atoms with Gasteiger partial charge < -0.3 is 10.4 Å². The number of hydrogen-bond donors (Lipinski definition) is 2. The van der Waals surface area contributed by atoms with E-state index in [0.29, 0.717) is 5.56 Å². The summed E-state index contributed by atoms with van der Waals surface area (Å²) in [5.74, 6) is -0.877. The molecule has 82 valence electrons. The van der Waals surface area contributed by atoms with E-state index in [1.165, 1.54) is 0 Å². The second-order valence-electron chi connectivity index (χ2n) is 3.62. The predicted octanol–water partition coefficient (Wildman–Crippen LogP) is 2.91. The van der Waals surface area contributed by atoms with Crippen molar-refractivity contribution < 1.29 is 9.90 Å². The molecule has 0 aromatic heterocycles. The first-order chi connectivity index (χ1) is 7.15. The molecule has 0 atom stereocenters. The molecule has 0 aliphatic rings. The van der Waals surface area contributed by atoms with E-state index in [-0.39, 0.29) is 0 Å². The monoisotopic (exact) mass is 207 g/mol. The van der Waals surface area contributed by atoms with Crippen molar-refractivity contribution in [3.8, 4) is 0 Å². The van der Waals surface area contributed by atoms with Gasteiger partial charge in [-0.15, -0.1) is 0 Å². The molecular formula is C12H17NO2. The maximum absolute atomic E-state index is 10.7. The highest BCUT2D eigenvalue weighted by atomic mass is 16.4. The second kappa shape index (κ2) is 5.39. The van der Waals surface area contributed by atoms with Gasteiger partial charge in [0.05, 0.1) is 5.56 Å². The number of benzene rings is 1. The highest BCUT2D eigenvalue weighted by Gasteiger charge is 2.04. The third kappa shape index (κ3) is 3.27. The molecule has 1 aromatic carbocycles. The van der Waals surface area contributed by atoms with Crippen LogP contribution in [-0.4, -0.2) is 17.6 Å². The van der Waals surface area contributed by atoms with Gasteiger partial charge in [0, 0.05) is 12.2 Å². The molecule has 1 aromatic rings. The van der Waals surface area contributed by atoms with E-state index in [1.54, 1.807) is 12.1 Å². The van der Waals surface area contributed by atoms with Crippen molar-refractivity contribution in [1.82, 2.24) is 0 Å². The molecule has 1 rings (SSSR count). The van der Waals surface area contributed by atoms with Crippen LogP contribution in [0.2, 0.25) is 0 Å². The third-order valence-electron chi connectivity index (χ3n) is 2.32. The Bertz CT molecular complexity index is 347. The van der Waals surface area contributed by atoms with E-state index in [2.05, 4.69) is 12.2 Å². The largest absolute Gasteiger partial charge is 0.478 e. The van der Waals surface area contributed by atoms with Crippen molar-refractivity contribution in [1.29, 1.82) is 0 Å². The SMILES string of the molecule is CCCCNc1ccc(C(=O)O)cc1C. The van der Waals surface area contributed by atoms with Gasteiger partial charge in [0.25, 0.3) is 0 Å². The minimum atomic E-state index is -0.877. The van der Waals surface area contributed by atoms with Crippen molar-refractivity contribution in [3.63, 3.8) is 0 Å². The van der Waals surface area contributed by atoms with Crippen LogP contribution in [0.3, 0.4) is 0 Å². The van der Waals surface area contributed by atoms with E-state index in [0.717, 1.165) is 30.6 Å². The second-order valence-corrected chi connectivity index (χ2v) is 3.62. The highest BCUT2D eigenvalue weighted by Crippen LogP contribution is 2.16. The lowest BCUT2D eigenvalue weighted by atomic mass is 10.1. The number of aromatic carboxylic acids is 1. The minimum absolute atomic E-state index is 0.341. The number of carbonyl (C=O) groups is 1. The summed E-state index contributed by atoms with van der Waals surface area (Å²) in [7, 11) is 0. The Kier molecular flexibility index (Phi) is 4.16.